The number of aryl methyl sites for hydroxylation is 2. The van der Waals surface area contributed by atoms with E-state index in [0.29, 0.717) is 39.9 Å². The van der Waals surface area contributed by atoms with Crippen LogP contribution in [0.2, 0.25) is 0 Å². The van der Waals surface area contributed by atoms with Crippen molar-refractivity contribution >= 4 is 38.6 Å². The second kappa shape index (κ2) is 11.5. The first-order valence-electron chi connectivity index (χ1n) is 9.64. The van der Waals surface area contributed by atoms with Gasteiger partial charge in [0, 0.05) is 12.1 Å². The van der Waals surface area contributed by atoms with E-state index >= 15 is 0 Å². The zero-order valence-corrected chi connectivity index (χ0v) is 22.3. The number of ether oxygens (including phenoxy) is 2. The number of anilines is 1. The minimum atomic E-state index is -4.51. The van der Waals surface area contributed by atoms with Gasteiger partial charge in [0.25, 0.3) is 0 Å². The SMILES string of the molecule is COc1cc(N=Nc2cc(C)c(N=Nc3ccc(S(=O)(=O)[O-])cc3)cc2OC)c(C)cc1N.[Na+]. The van der Waals surface area contributed by atoms with Crippen LogP contribution >= 0.6 is 0 Å². The molecule has 2 N–H and O–H groups in total. The number of methoxy groups -OCH3 is 2. The van der Waals surface area contributed by atoms with Crippen molar-refractivity contribution in [3.05, 3.63) is 59.7 Å². The molecule has 0 saturated carbocycles. The van der Waals surface area contributed by atoms with Crippen LogP contribution in [-0.2, 0) is 10.1 Å². The fourth-order valence-corrected chi connectivity index (χ4v) is 3.36. The summed E-state index contributed by atoms with van der Waals surface area (Å²) in [7, 11) is -1.48. The maximum Gasteiger partial charge on any atom is 1.00 e. The zero-order chi connectivity index (χ0) is 24.2. The van der Waals surface area contributed by atoms with Crippen LogP contribution in [0.1, 0.15) is 11.1 Å². The van der Waals surface area contributed by atoms with Crippen LogP contribution in [0.3, 0.4) is 0 Å². The second-order valence-corrected chi connectivity index (χ2v) is 8.42. The molecule has 0 unspecified atom stereocenters. The molecule has 0 saturated heterocycles. The topological polar surface area (TPSA) is 151 Å². The second-order valence-electron chi connectivity index (χ2n) is 7.04. The molecule has 3 rings (SSSR count). The van der Waals surface area contributed by atoms with E-state index in [4.69, 9.17) is 15.2 Å². The molecule has 0 aromatic heterocycles. The molecule has 3 aromatic carbocycles. The molecule has 0 radical (unpaired) electrons. The number of hydrogen-bond acceptors (Lipinski definition) is 10. The van der Waals surface area contributed by atoms with Gasteiger partial charge in [0.1, 0.15) is 27.3 Å². The van der Waals surface area contributed by atoms with Crippen molar-refractivity contribution in [1.82, 2.24) is 0 Å². The van der Waals surface area contributed by atoms with Crippen molar-refractivity contribution in [2.45, 2.75) is 18.7 Å². The molecule has 12 heteroatoms. The number of benzene rings is 3. The molecular formula is C22H22N5NaO5S. The van der Waals surface area contributed by atoms with Gasteiger partial charge in [-0.2, -0.15) is 15.3 Å². The normalized spacial score (nSPS) is 11.6. The molecule has 0 spiro atoms. The summed E-state index contributed by atoms with van der Waals surface area (Å²) in [6.45, 7) is 3.70. The van der Waals surface area contributed by atoms with Gasteiger partial charge in [-0.3, -0.25) is 0 Å². The first kappa shape index (κ1) is 27.4. The van der Waals surface area contributed by atoms with E-state index in [1.165, 1.54) is 38.5 Å². The van der Waals surface area contributed by atoms with E-state index in [2.05, 4.69) is 20.5 Å². The maximum atomic E-state index is 11.0. The average molecular weight is 492 g/mol. The molecule has 0 heterocycles. The van der Waals surface area contributed by atoms with Crippen molar-refractivity contribution < 1.29 is 52.0 Å². The molecule has 0 fully saturated rings. The Bertz CT molecular complexity index is 1340. The fourth-order valence-electron chi connectivity index (χ4n) is 2.89. The van der Waals surface area contributed by atoms with E-state index in [1.54, 1.807) is 24.3 Å². The first-order chi connectivity index (χ1) is 15.6. The zero-order valence-electron chi connectivity index (χ0n) is 19.4. The molecule has 0 aliphatic carbocycles. The largest absolute Gasteiger partial charge is 1.00 e. The molecular weight excluding hydrogens is 469 g/mol. The van der Waals surface area contributed by atoms with Crippen molar-refractivity contribution in [1.29, 1.82) is 0 Å². The van der Waals surface area contributed by atoms with Crippen LogP contribution in [0.5, 0.6) is 11.5 Å². The molecule has 0 aliphatic heterocycles. The minimum absolute atomic E-state index is 0. The molecule has 3 aromatic rings. The molecule has 34 heavy (non-hydrogen) atoms. The van der Waals surface area contributed by atoms with Crippen molar-refractivity contribution in [2.24, 2.45) is 20.5 Å². The Balaban J connectivity index is 0.00000408. The van der Waals surface area contributed by atoms with Gasteiger partial charge >= 0.3 is 29.6 Å². The van der Waals surface area contributed by atoms with E-state index in [1.807, 2.05) is 13.8 Å². The predicted octanol–water partition coefficient (Wildman–Crippen LogP) is 2.64. The maximum absolute atomic E-state index is 11.0. The summed E-state index contributed by atoms with van der Waals surface area (Å²) in [6, 6.07) is 12.0. The Morgan fingerprint density at radius 1 is 0.765 bits per heavy atom. The van der Waals surface area contributed by atoms with Crippen LogP contribution in [0, 0.1) is 13.8 Å². The van der Waals surface area contributed by atoms with Gasteiger partial charge in [-0.25, -0.2) is 8.42 Å². The van der Waals surface area contributed by atoms with Crippen LogP contribution < -0.4 is 44.8 Å². The summed E-state index contributed by atoms with van der Waals surface area (Å²) in [6.07, 6.45) is 0. The van der Waals surface area contributed by atoms with Gasteiger partial charge in [-0.15, -0.1) is 5.11 Å². The fraction of sp³-hybridized carbons (Fsp3) is 0.182. The first-order valence-corrected chi connectivity index (χ1v) is 11.1. The molecule has 0 amide bonds. The van der Waals surface area contributed by atoms with Crippen LogP contribution in [0.15, 0.2) is 73.9 Å². The Labute approximate surface area is 220 Å². The number of hydrogen-bond donors (Lipinski definition) is 1. The van der Waals surface area contributed by atoms with Gasteiger partial charge in [0.15, 0.2) is 0 Å². The summed E-state index contributed by atoms with van der Waals surface area (Å²) in [4.78, 5) is -0.331. The third kappa shape index (κ3) is 6.61. The summed E-state index contributed by atoms with van der Waals surface area (Å²) in [5, 5.41) is 16.9. The molecule has 10 nitrogen and oxygen atoms in total. The van der Waals surface area contributed by atoms with Crippen molar-refractivity contribution in [3.8, 4) is 11.5 Å². The number of rotatable bonds is 7. The molecule has 0 atom stereocenters. The number of nitrogens with two attached hydrogens (primary N) is 1. The Hall–Kier alpha value is -2.83. The van der Waals surface area contributed by atoms with Gasteiger partial charge in [0.05, 0.1) is 41.9 Å². The van der Waals surface area contributed by atoms with E-state index in [9.17, 15) is 13.0 Å². The summed E-state index contributed by atoms with van der Waals surface area (Å²) in [5.41, 5.74) is 10.0. The van der Waals surface area contributed by atoms with E-state index in [-0.39, 0.29) is 34.5 Å². The summed E-state index contributed by atoms with van der Waals surface area (Å²) >= 11 is 0. The molecule has 172 valence electrons. The van der Waals surface area contributed by atoms with Crippen LogP contribution in [0.4, 0.5) is 28.4 Å². The average Bonchev–Trinajstić information content (AvgIpc) is 2.77. The third-order valence-corrected chi connectivity index (χ3v) is 5.56. The van der Waals surface area contributed by atoms with Crippen LogP contribution in [-0.4, -0.2) is 27.2 Å². The van der Waals surface area contributed by atoms with Crippen molar-refractivity contribution in [3.63, 3.8) is 0 Å². The Kier molecular flexibility index (Phi) is 9.30. The number of azo groups is 2. The Morgan fingerprint density at radius 3 is 1.82 bits per heavy atom. The molecule has 0 aliphatic rings. The standard InChI is InChI=1S/C22H23N5O5S.Na/c1-13-9-17(23)21(31-3)11-18(13)26-27-20-10-14(2)19(12-22(20)32-4)25-24-15-5-7-16(8-6-15)33(28,29)30;/h5-12H,23H2,1-4H3,(H,28,29,30);/q;+1/p-1. The van der Waals surface area contributed by atoms with E-state index < -0.39 is 10.1 Å². The number of nitrogens with zero attached hydrogens (tertiary/aromatic N) is 4. The monoisotopic (exact) mass is 491 g/mol. The quantitative estimate of drug-likeness (QED) is 0.232. The predicted molar refractivity (Wildman–Crippen MR) is 123 cm³/mol. The van der Waals surface area contributed by atoms with Gasteiger partial charge in [0.2, 0.25) is 0 Å². The Morgan fingerprint density at radius 2 is 1.26 bits per heavy atom. The summed E-state index contributed by atoms with van der Waals surface area (Å²) in [5.74, 6) is 0.945. The smallest absolute Gasteiger partial charge is 0.744 e. The van der Waals surface area contributed by atoms with Gasteiger partial charge in [-0.1, -0.05) is 0 Å². The van der Waals surface area contributed by atoms with Gasteiger partial charge in [-0.05, 0) is 61.4 Å². The number of nitrogen functional groups attached to an aromatic ring is 1. The van der Waals surface area contributed by atoms with Gasteiger partial charge < -0.3 is 19.8 Å². The van der Waals surface area contributed by atoms with E-state index in [0.717, 1.165) is 11.1 Å². The molecule has 0 bridgehead atoms. The minimum Gasteiger partial charge on any atom is -0.744 e. The summed E-state index contributed by atoms with van der Waals surface area (Å²) < 4.78 is 43.8. The van der Waals surface area contributed by atoms with Crippen LogP contribution in [0.25, 0.3) is 0 Å². The third-order valence-electron chi connectivity index (χ3n) is 4.71. The van der Waals surface area contributed by atoms with Crippen molar-refractivity contribution in [2.75, 3.05) is 20.0 Å².